The number of Topliss-reactive ketones (excluding diaryl/α,β-unsaturated/α-hetero) is 1. The number of nitrogens with one attached hydrogen (secondary N) is 1. The third-order valence-corrected chi connectivity index (χ3v) is 4.51. The monoisotopic (exact) mass is 362 g/mol. The lowest BCUT2D eigenvalue weighted by atomic mass is 10.1. The number of hydrogen-bond acceptors (Lipinski definition) is 6. The fourth-order valence-electron chi connectivity index (χ4n) is 1.99. The van der Waals surface area contributed by atoms with Gasteiger partial charge in [0.2, 0.25) is 0 Å². The third kappa shape index (κ3) is 8.65. The van der Waals surface area contributed by atoms with Crippen molar-refractivity contribution >= 4 is 33.9 Å². The molecule has 0 aliphatic rings. The van der Waals surface area contributed by atoms with E-state index in [4.69, 9.17) is 11.6 Å². The van der Waals surface area contributed by atoms with Crippen LogP contribution in [0.25, 0.3) is 0 Å². The van der Waals surface area contributed by atoms with Gasteiger partial charge < -0.3 is 15.1 Å². The first-order chi connectivity index (χ1) is 10.4. The highest BCUT2D eigenvalue weighted by Gasteiger charge is 2.17. The summed E-state index contributed by atoms with van der Waals surface area (Å²) in [6.45, 7) is 2.84. The second kappa shape index (κ2) is 11.8. The summed E-state index contributed by atoms with van der Waals surface area (Å²) in [5, 5.41) is 4.55. The van der Waals surface area contributed by atoms with Gasteiger partial charge in [-0.3, -0.25) is 4.79 Å². The molecule has 23 heavy (non-hydrogen) atoms. The van der Waals surface area contributed by atoms with Crippen LogP contribution in [0.1, 0.15) is 43.6 Å². The molecular weight excluding hydrogens is 332 g/mol. The Hall–Kier alpha value is -0.690. The van der Waals surface area contributed by atoms with Gasteiger partial charge >= 0.3 is 0 Å². The molecule has 0 aliphatic carbocycles. The zero-order valence-corrected chi connectivity index (χ0v) is 15.6. The number of hydrogen-bond donors (Lipinski definition) is 1. The van der Waals surface area contributed by atoms with Gasteiger partial charge in [0.1, 0.15) is 15.7 Å². The Morgan fingerprint density at radius 1 is 1.13 bits per heavy atom. The predicted octanol–water partition coefficient (Wildman–Crippen LogP) is 3.71. The van der Waals surface area contributed by atoms with Crippen molar-refractivity contribution in [2.75, 3.05) is 53.1 Å². The van der Waals surface area contributed by atoms with Crippen LogP contribution in [0.5, 0.6) is 0 Å². The van der Waals surface area contributed by atoms with Gasteiger partial charge in [0.05, 0.1) is 0 Å². The van der Waals surface area contributed by atoms with Gasteiger partial charge in [-0.15, -0.1) is 0 Å². The maximum Gasteiger partial charge on any atom is 0.183 e. The van der Waals surface area contributed by atoms with E-state index in [2.05, 4.69) is 19.5 Å². The minimum atomic E-state index is 0. The minimum absolute atomic E-state index is 0. The van der Waals surface area contributed by atoms with Gasteiger partial charge in [-0.1, -0.05) is 19.0 Å². The average molecular weight is 363 g/mol. The highest BCUT2D eigenvalue weighted by Crippen LogP contribution is 2.31. The molecule has 1 rings (SSSR count). The molecule has 0 radical (unpaired) electrons. The fraction of sp³-hybridized carbons (Fsp3) is 0.750. The summed E-state index contributed by atoms with van der Waals surface area (Å²) in [6.07, 6.45) is 3.42. The van der Waals surface area contributed by atoms with Crippen LogP contribution in [-0.4, -0.2) is 67.8 Å². The van der Waals surface area contributed by atoms with Crippen LogP contribution in [0.2, 0.25) is 5.02 Å². The summed E-state index contributed by atoms with van der Waals surface area (Å²) in [5.41, 5.74) is 0.423. The van der Waals surface area contributed by atoms with Gasteiger partial charge in [0, 0.05) is 13.0 Å². The van der Waals surface area contributed by atoms with Crippen molar-refractivity contribution in [1.82, 2.24) is 14.2 Å². The first-order valence-electron chi connectivity index (χ1n) is 7.63. The maximum absolute atomic E-state index is 12.2. The standard InChI is InChI=1S/C15H27ClN4OS.CH4/c1-19(2)10-6-5-8-12(21)14-13(16)15(22-18-14)17-9-7-11-20(3)4;/h17H,5-11H2,1-4H3;1H4. The number of carbonyl (C=O) groups excluding carboxylic acids is 1. The van der Waals surface area contributed by atoms with Crippen molar-refractivity contribution in [2.24, 2.45) is 0 Å². The van der Waals surface area contributed by atoms with Gasteiger partial charge in [-0.25, -0.2) is 0 Å². The summed E-state index contributed by atoms with van der Waals surface area (Å²) in [4.78, 5) is 16.4. The number of nitrogens with zero attached hydrogens (tertiary/aromatic N) is 3. The van der Waals surface area contributed by atoms with E-state index in [9.17, 15) is 4.79 Å². The fourth-order valence-corrected chi connectivity index (χ4v) is 3.08. The molecule has 1 N–H and O–H groups in total. The lowest BCUT2D eigenvalue weighted by Crippen LogP contribution is -2.16. The molecule has 0 amide bonds. The molecule has 0 bridgehead atoms. The van der Waals surface area contributed by atoms with Crippen molar-refractivity contribution in [2.45, 2.75) is 33.1 Å². The van der Waals surface area contributed by atoms with E-state index >= 15 is 0 Å². The SMILES string of the molecule is C.CN(C)CCCCC(=O)c1nsc(NCCCN(C)C)c1Cl. The number of carbonyl (C=O) groups is 1. The Morgan fingerprint density at radius 2 is 1.74 bits per heavy atom. The summed E-state index contributed by atoms with van der Waals surface area (Å²) < 4.78 is 4.22. The van der Waals surface area contributed by atoms with Crippen molar-refractivity contribution < 1.29 is 4.79 Å². The highest BCUT2D eigenvalue weighted by atomic mass is 35.5. The zero-order chi connectivity index (χ0) is 16.5. The molecule has 0 aromatic carbocycles. The molecule has 0 atom stereocenters. The average Bonchev–Trinajstić information content (AvgIpc) is 2.80. The molecule has 0 saturated carbocycles. The minimum Gasteiger partial charge on any atom is -0.374 e. The van der Waals surface area contributed by atoms with Crippen LogP contribution < -0.4 is 5.32 Å². The van der Waals surface area contributed by atoms with Crippen LogP contribution in [0.15, 0.2) is 0 Å². The number of anilines is 1. The van der Waals surface area contributed by atoms with E-state index in [0.717, 1.165) is 43.9 Å². The molecule has 134 valence electrons. The van der Waals surface area contributed by atoms with Gasteiger partial charge in [0.15, 0.2) is 5.78 Å². The van der Waals surface area contributed by atoms with Crippen molar-refractivity contribution in [3.63, 3.8) is 0 Å². The molecule has 0 saturated heterocycles. The van der Waals surface area contributed by atoms with E-state index < -0.39 is 0 Å². The van der Waals surface area contributed by atoms with Crippen molar-refractivity contribution in [1.29, 1.82) is 0 Å². The summed E-state index contributed by atoms with van der Waals surface area (Å²) in [7, 11) is 8.17. The molecule has 0 fully saturated rings. The molecule has 0 spiro atoms. The summed E-state index contributed by atoms with van der Waals surface area (Å²) in [5.74, 6) is 0.0429. The van der Waals surface area contributed by atoms with Gasteiger partial charge in [-0.05, 0) is 72.1 Å². The smallest absolute Gasteiger partial charge is 0.183 e. The van der Waals surface area contributed by atoms with E-state index in [-0.39, 0.29) is 13.2 Å². The third-order valence-electron chi connectivity index (χ3n) is 3.23. The lowest BCUT2D eigenvalue weighted by molar-refractivity contribution is 0.0975. The maximum atomic E-state index is 12.2. The molecule has 1 heterocycles. The first kappa shape index (κ1) is 22.3. The highest BCUT2D eigenvalue weighted by molar-refractivity contribution is 7.11. The topological polar surface area (TPSA) is 48.5 Å². The Balaban J connectivity index is 0.00000484. The summed E-state index contributed by atoms with van der Waals surface area (Å²) >= 11 is 7.54. The Kier molecular flexibility index (Phi) is 11.4. The molecule has 1 aromatic rings. The number of rotatable bonds is 11. The predicted molar refractivity (Wildman–Crippen MR) is 102 cm³/mol. The number of ketones is 1. The molecule has 0 aliphatic heterocycles. The second-order valence-electron chi connectivity index (χ2n) is 5.94. The summed E-state index contributed by atoms with van der Waals surface area (Å²) in [6, 6.07) is 0. The zero-order valence-electron chi connectivity index (χ0n) is 14.0. The normalized spacial score (nSPS) is 10.9. The largest absolute Gasteiger partial charge is 0.374 e. The van der Waals surface area contributed by atoms with Crippen molar-refractivity contribution in [3.8, 4) is 0 Å². The number of halogens is 1. The van der Waals surface area contributed by atoms with Crippen LogP contribution in [-0.2, 0) is 0 Å². The van der Waals surface area contributed by atoms with Crippen LogP contribution in [0, 0.1) is 0 Å². The molecule has 7 heteroatoms. The Morgan fingerprint density at radius 3 is 2.35 bits per heavy atom. The molecule has 0 unspecified atom stereocenters. The van der Waals surface area contributed by atoms with Gasteiger partial charge in [0.25, 0.3) is 0 Å². The molecular formula is C16H31ClN4OS. The van der Waals surface area contributed by atoms with E-state index in [1.165, 1.54) is 11.5 Å². The lowest BCUT2D eigenvalue weighted by Gasteiger charge is -2.09. The molecule has 5 nitrogen and oxygen atoms in total. The number of unbranched alkanes of at least 4 members (excludes halogenated alkanes) is 1. The Labute approximate surface area is 150 Å². The second-order valence-corrected chi connectivity index (χ2v) is 7.09. The van der Waals surface area contributed by atoms with Crippen LogP contribution in [0.4, 0.5) is 5.00 Å². The quantitative estimate of drug-likeness (QED) is 0.480. The van der Waals surface area contributed by atoms with Crippen molar-refractivity contribution in [3.05, 3.63) is 10.7 Å². The van der Waals surface area contributed by atoms with E-state index in [1.54, 1.807) is 0 Å². The van der Waals surface area contributed by atoms with Crippen LogP contribution in [0.3, 0.4) is 0 Å². The van der Waals surface area contributed by atoms with Gasteiger partial charge in [-0.2, -0.15) is 4.37 Å². The first-order valence-corrected chi connectivity index (χ1v) is 8.78. The Bertz CT molecular complexity index is 463. The number of aromatic nitrogens is 1. The van der Waals surface area contributed by atoms with Crippen LogP contribution >= 0.6 is 23.1 Å². The van der Waals surface area contributed by atoms with E-state index in [1.807, 2.05) is 28.2 Å². The molecule has 1 aromatic heterocycles. The van der Waals surface area contributed by atoms with E-state index in [0.29, 0.717) is 17.1 Å².